The van der Waals surface area contributed by atoms with Gasteiger partial charge in [-0.15, -0.1) is 0 Å². The van der Waals surface area contributed by atoms with Crippen molar-refractivity contribution in [3.8, 4) is 11.1 Å². The summed E-state index contributed by atoms with van der Waals surface area (Å²) in [5, 5.41) is 0. The lowest BCUT2D eigenvalue weighted by atomic mass is 9.99. The second-order valence-electron chi connectivity index (χ2n) is 3.83. The van der Waals surface area contributed by atoms with Crippen molar-refractivity contribution >= 4 is 22.6 Å². The Kier molecular flexibility index (Phi) is 3.10. The summed E-state index contributed by atoms with van der Waals surface area (Å²) in [4.78, 5) is 0. The van der Waals surface area contributed by atoms with Crippen molar-refractivity contribution in [1.82, 2.24) is 0 Å². The van der Waals surface area contributed by atoms with Crippen LogP contribution in [-0.2, 0) is 0 Å². The predicted octanol–water partition coefficient (Wildman–Crippen LogP) is 4.58. The lowest BCUT2D eigenvalue weighted by Crippen LogP contribution is -1.85. The molecule has 0 fully saturated rings. The largest absolute Gasteiger partial charge is 0.0620 e. The van der Waals surface area contributed by atoms with Crippen LogP contribution in [-0.4, -0.2) is 0 Å². The summed E-state index contributed by atoms with van der Waals surface area (Å²) in [6.07, 6.45) is 0. The predicted molar refractivity (Wildman–Crippen MR) is 74.1 cm³/mol. The molecule has 0 bridgehead atoms. The molecule has 0 aliphatic carbocycles. The Bertz CT molecular complexity index is 466. The molecule has 0 unspecified atom stereocenters. The summed E-state index contributed by atoms with van der Waals surface area (Å²) in [7, 11) is 0. The van der Waals surface area contributed by atoms with Crippen molar-refractivity contribution in [2.45, 2.75) is 13.8 Å². The minimum absolute atomic E-state index is 1.30. The summed E-state index contributed by atoms with van der Waals surface area (Å²) in [6, 6.07) is 15.2. The molecule has 0 saturated carbocycles. The van der Waals surface area contributed by atoms with Crippen LogP contribution in [0.1, 0.15) is 11.1 Å². The number of aryl methyl sites for hydroxylation is 2. The van der Waals surface area contributed by atoms with Gasteiger partial charge in [0, 0.05) is 3.57 Å². The maximum absolute atomic E-state index is 2.37. The molecule has 2 rings (SSSR count). The first-order valence-corrected chi connectivity index (χ1v) is 6.08. The van der Waals surface area contributed by atoms with Crippen molar-refractivity contribution in [2.75, 3.05) is 0 Å². The lowest BCUT2D eigenvalue weighted by Gasteiger charge is -2.07. The van der Waals surface area contributed by atoms with E-state index in [1.54, 1.807) is 0 Å². The Morgan fingerprint density at radius 2 is 1.67 bits per heavy atom. The van der Waals surface area contributed by atoms with Gasteiger partial charge in [0.2, 0.25) is 0 Å². The first-order chi connectivity index (χ1) is 7.16. The monoisotopic (exact) mass is 308 g/mol. The van der Waals surface area contributed by atoms with E-state index in [2.05, 4.69) is 78.9 Å². The van der Waals surface area contributed by atoms with Gasteiger partial charge in [-0.05, 0) is 70.8 Å². The minimum Gasteiger partial charge on any atom is -0.0620 e. The second kappa shape index (κ2) is 4.35. The van der Waals surface area contributed by atoms with E-state index in [1.807, 2.05) is 0 Å². The summed E-state index contributed by atoms with van der Waals surface area (Å²) in [5.74, 6) is 0. The molecule has 0 aromatic heterocycles. The van der Waals surface area contributed by atoms with Crippen LogP contribution in [0.2, 0.25) is 0 Å². The molecule has 0 heterocycles. The van der Waals surface area contributed by atoms with Crippen LogP contribution in [0.3, 0.4) is 0 Å². The number of hydrogen-bond donors (Lipinski definition) is 0. The van der Waals surface area contributed by atoms with Crippen LogP contribution in [0, 0.1) is 17.4 Å². The molecule has 15 heavy (non-hydrogen) atoms. The van der Waals surface area contributed by atoms with Crippen LogP contribution in [0.15, 0.2) is 42.5 Å². The van der Waals surface area contributed by atoms with E-state index in [1.165, 1.54) is 25.8 Å². The Balaban J connectivity index is 2.59. The molecule has 2 aromatic carbocycles. The van der Waals surface area contributed by atoms with Gasteiger partial charge in [-0.3, -0.25) is 0 Å². The molecule has 0 amide bonds. The van der Waals surface area contributed by atoms with E-state index in [0.29, 0.717) is 0 Å². The summed E-state index contributed by atoms with van der Waals surface area (Å²) in [6.45, 7) is 4.30. The molecule has 0 aliphatic rings. The summed E-state index contributed by atoms with van der Waals surface area (Å²) < 4.78 is 1.30. The van der Waals surface area contributed by atoms with Crippen LogP contribution < -0.4 is 0 Å². The topological polar surface area (TPSA) is 0 Å². The minimum atomic E-state index is 1.30. The molecule has 2 aromatic rings. The van der Waals surface area contributed by atoms with Crippen LogP contribution in [0.5, 0.6) is 0 Å². The highest BCUT2D eigenvalue weighted by atomic mass is 127. The molecular weight excluding hydrogens is 295 g/mol. The SMILES string of the molecule is Cc1cc(I)cc(-c2ccccc2C)c1. The Morgan fingerprint density at radius 1 is 0.933 bits per heavy atom. The zero-order valence-electron chi connectivity index (χ0n) is 8.92. The number of hydrogen-bond acceptors (Lipinski definition) is 0. The molecule has 76 valence electrons. The van der Waals surface area contributed by atoms with Gasteiger partial charge in [0.25, 0.3) is 0 Å². The van der Waals surface area contributed by atoms with Crippen molar-refractivity contribution in [1.29, 1.82) is 0 Å². The quantitative estimate of drug-likeness (QED) is 0.677. The van der Waals surface area contributed by atoms with Crippen molar-refractivity contribution in [3.63, 3.8) is 0 Å². The fraction of sp³-hybridized carbons (Fsp3) is 0.143. The van der Waals surface area contributed by atoms with E-state index >= 15 is 0 Å². The van der Waals surface area contributed by atoms with Gasteiger partial charge in [-0.2, -0.15) is 0 Å². The molecule has 0 N–H and O–H groups in total. The van der Waals surface area contributed by atoms with E-state index in [4.69, 9.17) is 0 Å². The van der Waals surface area contributed by atoms with E-state index in [0.717, 1.165) is 0 Å². The highest BCUT2D eigenvalue weighted by Gasteiger charge is 2.02. The van der Waals surface area contributed by atoms with Gasteiger partial charge < -0.3 is 0 Å². The zero-order valence-corrected chi connectivity index (χ0v) is 11.1. The highest BCUT2D eigenvalue weighted by molar-refractivity contribution is 14.1. The molecule has 0 atom stereocenters. The number of rotatable bonds is 1. The van der Waals surface area contributed by atoms with Crippen molar-refractivity contribution in [2.24, 2.45) is 0 Å². The Morgan fingerprint density at radius 3 is 2.33 bits per heavy atom. The fourth-order valence-electron chi connectivity index (χ4n) is 1.79. The second-order valence-corrected chi connectivity index (χ2v) is 5.08. The summed E-state index contributed by atoms with van der Waals surface area (Å²) >= 11 is 2.37. The number of benzene rings is 2. The van der Waals surface area contributed by atoms with Gasteiger partial charge in [0.05, 0.1) is 0 Å². The molecule has 0 aliphatic heterocycles. The van der Waals surface area contributed by atoms with Gasteiger partial charge in [-0.1, -0.05) is 30.3 Å². The Hall–Kier alpha value is -0.830. The molecule has 0 radical (unpaired) electrons. The van der Waals surface area contributed by atoms with Gasteiger partial charge in [-0.25, -0.2) is 0 Å². The van der Waals surface area contributed by atoms with E-state index in [-0.39, 0.29) is 0 Å². The van der Waals surface area contributed by atoms with Gasteiger partial charge in [0.1, 0.15) is 0 Å². The zero-order chi connectivity index (χ0) is 10.8. The first-order valence-electron chi connectivity index (χ1n) is 5.00. The third kappa shape index (κ3) is 2.40. The molecule has 0 saturated heterocycles. The molecule has 0 spiro atoms. The fourth-order valence-corrected chi connectivity index (χ4v) is 2.62. The van der Waals surface area contributed by atoms with Crippen molar-refractivity contribution < 1.29 is 0 Å². The maximum Gasteiger partial charge on any atom is 0.0139 e. The third-order valence-electron chi connectivity index (χ3n) is 2.50. The van der Waals surface area contributed by atoms with Crippen molar-refractivity contribution in [3.05, 3.63) is 57.2 Å². The lowest BCUT2D eigenvalue weighted by molar-refractivity contribution is 1.41. The Labute approximate surface area is 104 Å². The average molecular weight is 308 g/mol. The standard InChI is InChI=1S/C14H13I/c1-10-7-12(9-13(15)8-10)14-6-4-3-5-11(14)2/h3-9H,1-2H3. The van der Waals surface area contributed by atoms with Gasteiger partial charge >= 0.3 is 0 Å². The van der Waals surface area contributed by atoms with Gasteiger partial charge in [0.15, 0.2) is 0 Å². The van der Waals surface area contributed by atoms with E-state index in [9.17, 15) is 0 Å². The highest BCUT2D eigenvalue weighted by Crippen LogP contribution is 2.25. The maximum atomic E-state index is 2.37. The van der Waals surface area contributed by atoms with Crippen LogP contribution in [0.25, 0.3) is 11.1 Å². The molecular formula is C14H13I. The average Bonchev–Trinajstić information content (AvgIpc) is 2.16. The summed E-state index contributed by atoms with van der Waals surface area (Å²) in [5.41, 5.74) is 5.30. The molecule has 0 nitrogen and oxygen atoms in total. The number of halogens is 1. The normalized spacial score (nSPS) is 10.3. The van der Waals surface area contributed by atoms with Crippen LogP contribution >= 0.6 is 22.6 Å². The first kappa shape index (κ1) is 10.7. The third-order valence-corrected chi connectivity index (χ3v) is 3.12. The van der Waals surface area contributed by atoms with E-state index < -0.39 is 0 Å². The smallest absolute Gasteiger partial charge is 0.0139 e. The molecule has 1 heteroatoms. The van der Waals surface area contributed by atoms with Crippen LogP contribution in [0.4, 0.5) is 0 Å².